The molecule has 0 spiro atoms. The van der Waals surface area contributed by atoms with Crippen LogP contribution in [0.3, 0.4) is 0 Å². The van der Waals surface area contributed by atoms with Gasteiger partial charge in [-0.05, 0) is 0 Å². The number of hydrogen-bond donors (Lipinski definition) is 0. The van der Waals surface area contributed by atoms with Gasteiger partial charge in [0.15, 0.2) is 0 Å². The fourth-order valence-corrected chi connectivity index (χ4v) is 4.14. The fraction of sp³-hybridized carbons (Fsp3) is 0.400. The van der Waals surface area contributed by atoms with Gasteiger partial charge in [-0.1, -0.05) is 0 Å². The minimum atomic E-state index is 0.472. The molecule has 0 aromatic heterocycles. The Morgan fingerprint density at radius 2 is 1.61 bits per heavy atom. The second-order valence-electron chi connectivity index (χ2n) is 5.77. The van der Waals surface area contributed by atoms with E-state index in [0.29, 0.717) is 15.0 Å². The first kappa shape index (κ1) is 18.1. The molecule has 2 aromatic rings. The average molecular weight is 377 g/mol. The van der Waals surface area contributed by atoms with E-state index >= 15 is 0 Å². The van der Waals surface area contributed by atoms with E-state index in [9.17, 15) is 0 Å². The third-order valence-electron chi connectivity index (χ3n) is 3.76. The molecule has 0 amide bonds. The second kappa shape index (κ2) is 9.12. The van der Waals surface area contributed by atoms with Gasteiger partial charge in [-0.3, -0.25) is 0 Å². The molecule has 0 aliphatic heterocycles. The maximum atomic E-state index is 5.91. The Kier molecular flexibility index (Phi) is 7.16. The van der Waals surface area contributed by atoms with Gasteiger partial charge in [-0.25, -0.2) is 0 Å². The standard InChI is InChI=1S/C20H26O2Se/c1-5-22-19-8-6-18(7-9-19)13-23-14-21-12-20-16(3)10-15(2)11-17(20)4/h6-11H,5,12-14H2,1-4H3. The summed E-state index contributed by atoms with van der Waals surface area (Å²) in [5, 5.41) is 1.10. The molecule has 23 heavy (non-hydrogen) atoms. The SMILES string of the molecule is CCOc1ccc(C[Se]COCc2c(C)cc(C)cc2C)cc1. The second-order valence-corrected chi connectivity index (χ2v) is 7.73. The monoisotopic (exact) mass is 378 g/mol. The molecule has 2 rings (SSSR count). The van der Waals surface area contributed by atoms with Crippen LogP contribution in [0.4, 0.5) is 0 Å². The molecule has 0 bridgehead atoms. The van der Waals surface area contributed by atoms with Gasteiger partial charge >= 0.3 is 146 Å². The summed E-state index contributed by atoms with van der Waals surface area (Å²) >= 11 is 0.472. The Morgan fingerprint density at radius 3 is 2.22 bits per heavy atom. The van der Waals surface area contributed by atoms with Crippen LogP contribution in [0.1, 0.15) is 34.7 Å². The van der Waals surface area contributed by atoms with Gasteiger partial charge in [-0.2, -0.15) is 0 Å². The Balaban J connectivity index is 1.74. The van der Waals surface area contributed by atoms with Crippen LogP contribution in [0, 0.1) is 20.8 Å². The third-order valence-corrected chi connectivity index (χ3v) is 5.58. The van der Waals surface area contributed by atoms with Crippen LogP contribution in [-0.2, 0) is 16.7 Å². The van der Waals surface area contributed by atoms with Crippen LogP contribution in [0.2, 0.25) is 0 Å². The number of benzene rings is 2. The van der Waals surface area contributed by atoms with E-state index in [1.807, 2.05) is 6.92 Å². The molecule has 0 unspecified atom stereocenters. The summed E-state index contributed by atoms with van der Waals surface area (Å²) in [7, 11) is 0. The van der Waals surface area contributed by atoms with Crippen molar-refractivity contribution >= 4 is 15.0 Å². The van der Waals surface area contributed by atoms with Crippen LogP contribution in [0.25, 0.3) is 0 Å². The van der Waals surface area contributed by atoms with Crippen LogP contribution < -0.4 is 4.74 Å². The van der Waals surface area contributed by atoms with Gasteiger partial charge in [-0.15, -0.1) is 0 Å². The molecular formula is C20H26O2Se. The molecule has 0 radical (unpaired) electrons. The van der Waals surface area contributed by atoms with Crippen molar-refractivity contribution in [2.75, 3.05) is 12.1 Å². The summed E-state index contributed by atoms with van der Waals surface area (Å²) in [6.07, 6.45) is 0. The van der Waals surface area contributed by atoms with Crippen LogP contribution in [0.5, 0.6) is 5.75 Å². The zero-order valence-corrected chi connectivity index (χ0v) is 16.2. The van der Waals surface area contributed by atoms with Gasteiger partial charge in [0, 0.05) is 0 Å². The fourth-order valence-electron chi connectivity index (χ4n) is 2.65. The molecule has 2 aromatic carbocycles. The molecule has 0 N–H and O–H groups in total. The molecule has 0 aliphatic carbocycles. The summed E-state index contributed by atoms with van der Waals surface area (Å²) in [5.41, 5.74) is 7.55. The number of ether oxygens (including phenoxy) is 2. The Bertz CT molecular complexity index is 597. The van der Waals surface area contributed by atoms with Gasteiger partial charge in [0.25, 0.3) is 0 Å². The van der Waals surface area contributed by atoms with Crippen LogP contribution in [0.15, 0.2) is 36.4 Å². The summed E-state index contributed by atoms with van der Waals surface area (Å²) in [6, 6.07) is 12.9. The first-order valence-electron chi connectivity index (χ1n) is 8.04. The Labute approximate surface area is 146 Å². The van der Waals surface area contributed by atoms with Crippen molar-refractivity contribution in [2.45, 2.75) is 39.6 Å². The summed E-state index contributed by atoms with van der Waals surface area (Å²) < 4.78 is 11.4. The Morgan fingerprint density at radius 1 is 0.957 bits per heavy atom. The quantitative estimate of drug-likeness (QED) is 0.502. The van der Waals surface area contributed by atoms with E-state index in [-0.39, 0.29) is 0 Å². The molecule has 124 valence electrons. The van der Waals surface area contributed by atoms with Gasteiger partial charge in [0.2, 0.25) is 0 Å². The molecule has 2 nitrogen and oxygen atoms in total. The molecule has 0 saturated heterocycles. The third kappa shape index (κ3) is 5.69. The number of hydrogen-bond acceptors (Lipinski definition) is 2. The predicted molar refractivity (Wildman–Crippen MR) is 97.4 cm³/mol. The molecule has 0 fully saturated rings. The predicted octanol–water partition coefficient (Wildman–Crippen LogP) is 4.39. The van der Waals surface area contributed by atoms with Crippen molar-refractivity contribution in [3.8, 4) is 5.75 Å². The van der Waals surface area contributed by atoms with Crippen LogP contribution in [-0.4, -0.2) is 27.1 Å². The molecule has 3 heteroatoms. The normalized spacial score (nSPS) is 10.8. The molecule has 0 heterocycles. The van der Waals surface area contributed by atoms with E-state index in [0.717, 1.165) is 29.8 Å². The first-order chi connectivity index (χ1) is 11.1. The molecule has 0 atom stereocenters. The molecule has 0 aliphatic rings. The van der Waals surface area contributed by atoms with E-state index in [1.165, 1.54) is 27.8 Å². The van der Waals surface area contributed by atoms with Crippen molar-refractivity contribution in [1.29, 1.82) is 0 Å². The number of aryl methyl sites for hydroxylation is 3. The van der Waals surface area contributed by atoms with Crippen molar-refractivity contribution in [2.24, 2.45) is 0 Å². The summed E-state index contributed by atoms with van der Waals surface area (Å²) in [6.45, 7) is 9.93. The maximum absolute atomic E-state index is 5.91. The van der Waals surface area contributed by atoms with Gasteiger partial charge in [0.05, 0.1) is 0 Å². The average Bonchev–Trinajstić information content (AvgIpc) is 2.51. The van der Waals surface area contributed by atoms with E-state index in [1.54, 1.807) is 0 Å². The summed E-state index contributed by atoms with van der Waals surface area (Å²) in [5.74, 6) is 0.949. The van der Waals surface area contributed by atoms with Crippen molar-refractivity contribution in [3.63, 3.8) is 0 Å². The van der Waals surface area contributed by atoms with E-state index in [4.69, 9.17) is 9.47 Å². The number of rotatable bonds is 8. The van der Waals surface area contributed by atoms with Crippen molar-refractivity contribution < 1.29 is 9.47 Å². The van der Waals surface area contributed by atoms with E-state index in [2.05, 4.69) is 57.2 Å². The summed E-state index contributed by atoms with van der Waals surface area (Å²) in [4.78, 5) is 0. The van der Waals surface area contributed by atoms with Gasteiger partial charge in [0.1, 0.15) is 0 Å². The zero-order valence-electron chi connectivity index (χ0n) is 14.5. The van der Waals surface area contributed by atoms with Crippen LogP contribution >= 0.6 is 0 Å². The molecular weight excluding hydrogens is 351 g/mol. The minimum absolute atomic E-state index is 0.472. The van der Waals surface area contributed by atoms with Crippen molar-refractivity contribution in [3.05, 3.63) is 64.2 Å². The Hall–Kier alpha value is -1.28. The topological polar surface area (TPSA) is 18.5 Å². The zero-order chi connectivity index (χ0) is 16.7. The molecule has 0 saturated carbocycles. The first-order valence-corrected chi connectivity index (χ1v) is 10.5. The van der Waals surface area contributed by atoms with E-state index < -0.39 is 0 Å². The van der Waals surface area contributed by atoms with Gasteiger partial charge < -0.3 is 0 Å². The van der Waals surface area contributed by atoms with Crippen molar-refractivity contribution in [1.82, 2.24) is 0 Å².